The first-order valence-corrected chi connectivity index (χ1v) is 2.51. The average Bonchev–Trinajstić information content (AvgIpc) is 2.04. The minimum atomic E-state index is -0.519. The van der Waals surface area contributed by atoms with Crippen molar-refractivity contribution in [2.75, 3.05) is 0 Å². The van der Waals surface area contributed by atoms with Crippen molar-refractivity contribution >= 4 is 0 Å². The minimum Gasteiger partial charge on any atom is -0.504 e. The quantitative estimate of drug-likeness (QED) is 0.552. The molecule has 0 aliphatic heterocycles. The summed E-state index contributed by atoms with van der Waals surface area (Å²) in [4.78, 5) is 10.7. The van der Waals surface area contributed by atoms with Crippen LogP contribution in [0.1, 0.15) is 1.37 Å². The monoisotopic (exact) mass is 123 g/mol. The summed E-state index contributed by atoms with van der Waals surface area (Å²) in [5, 5.41) is 8.87. The normalized spacial score (nSPS) is 10.4. The van der Waals surface area contributed by atoms with Crippen molar-refractivity contribution in [2.45, 2.75) is 0 Å². The van der Waals surface area contributed by atoms with Gasteiger partial charge in [0.15, 0.2) is 5.75 Å². The molecule has 9 heavy (non-hydrogen) atoms. The predicted molar refractivity (Wildman–Crippen MR) is 34.4 cm³/mol. The topological polar surface area (TPSA) is 37.3 Å². The number of aromatic hydroxyl groups is 1. The summed E-state index contributed by atoms with van der Waals surface area (Å²) >= 11 is 0. The van der Waals surface area contributed by atoms with Crippen molar-refractivity contribution in [2.24, 2.45) is 0 Å². The van der Waals surface area contributed by atoms with E-state index in [4.69, 9.17) is 6.48 Å². The van der Waals surface area contributed by atoms with Crippen LogP contribution in [0.25, 0.3) is 0 Å². The van der Waals surface area contributed by atoms with Crippen LogP contribution in [-0.4, -0.2) is 5.11 Å². The van der Waals surface area contributed by atoms with E-state index >= 15 is 0 Å². The summed E-state index contributed by atoms with van der Waals surface area (Å²) in [5.74, 6) is -0.495. The molecule has 0 radical (unpaired) electrons. The lowest BCUT2D eigenvalue weighted by atomic mass is 10.5. The molecule has 0 bridgehead atoms. The van der Waals surface area contributed by atoms with Crippen LogP contribution in [0.5, 0.6) is 5.75 Å². The Labute approximate surface area is 53.8 Å². The molecular weight excluding hydrogens is 116 g/mol. The van der Waals surface area contributed by atoms with E-state index in [0.717, 1.165) is 0 Å². The Hall–Kier alpha value is -1.31. The number of hydrogen-bond donors (Lipinski definition) is 1. The highest BCUT2D eigenvalue weighted by molar-refractivity contribution is 5.17. The second kappa shape index (κ2) is 2.31. The Bertz CT molecular complexity index is 296. The largest absolute Gasteiger partial charge is 0.504 e. The zero-order valence-corrected chi connectivity index (χ0v) is 4.66. The van der Waals surface area contributed by atoms with E-state index in [2.05, 4.69) is 0 Å². The highest BCUT2D eigenvalue weighted by Crippen LogP contribution is 1.93. The highest BCUT2D eigenvalue weighted by atomic mass is 16.3. The Kier molecular flexibility index (Phi) is 1.17. The smallest absolute Gasteiger partial charge is 0.220 e. The van der Waals surface area contributed by atoms with Crippen LogP contribution in [0.4, 0.5) is 0 Å². The molecule has 1 aromatic carbocycles. The van der Waals surface area contributed by atoms with Gasteiger partial charge in [-0.2, -0.15) is 0 Å². The third kappa shape index (κ3) is 1.29. The summed E-state index contributed by atoms with van der Waals surface area (Å²) in [7, 11) is 0. The maximum Gasteiger partial charge on any atom is 0.220 e. The van der Waals surface area contributed by atoms with Gasteiger partial charge in [0.2, 0.25) is 5.43 Å². The van der Waals surface area contributed by atoms with Gasteiger partial charge in [-0.15, -0.1) is 0 Å². The van der Waals surface area contributed by atoms with Gasteiger partial charge in [0.05, 0.1) is 1.37 Å². The van der Waals surface area contributed by atoms with Crippen LogP contribution in [0, 0.1) is 0 Å². The van der Waals surface area contributed by atoms with Crippen molar-refractivity contribution in [1.29, 1.82) is 0 Å². The Morgan fingerprint density at radius 1 is 1.44 bits per heavy atom. The molecule has 1 rings (SSSR count). The Morgan fingerprint density at radius 2 is 2.22 bits per heavy atom. The molecule has 0 spiro atoms. The summed E-state index contributed by atoms with van der Waals surface area (Å²) in [6, 6.07) is 5.45. The second-order valence-electron chi connectivity index (χ2n) is 1.58. The van der Waals surface area contributed by atoms with Gasteiger partial charge in [-0.25, -0.2) is 0 Å². The molecule has 1 N–H and O–H groups in total. The van der Waals surface area contributed by atoms with Crippen molar-refractivity contribution in [3.63, 3.8) is 0 Å². The van der Waals surface area contributed by atoms with E-state index in [1.807, 2.05) is 0 Å². The molecule has 0 fully saturated rings. The van der Waals surface area contributed by atoms with Crippen LogP contribution >= 0.6 is 0 Å². The fraction of sp³-hybridized carbons (Fsp3) is 0. The van der Waals surface area contributed by atoms with E-state index in [1.165, 1.54) is 24.3 Å². The van der Waals surface area contributed by atoms with Gasteiger partial charge in [-0.1, -0.05) is 18.2 Å². The minimum absolute atomic E-state index is 0.144. The molecule has 2 nitrogen and oxygen atoms in total. The fourth-order valence-electron chi connectivity index (χ4n) is 0.476. The number of hydrogen-bond acceptors (Lipinski definition) is 2. The van der Waals surface area contributed by atoms with Gasteiger partial charge < -0.3 is 5.11 Å². The predicted octanol–water partition coefficient (Wildman–Crippen LogP) is 0.752. The summed E-state index contributed by atoms with van der Waals surface area (Å²) < 4.78 is 7.03. The Balaban J connectivity index is 3.53. The summed E-state index contributed by atoms with van der Waals surface area (Å²) in [5.41, 5.74) is -0.519. The third-order valence-electron chi connectivity index (χ3n) is 0.908. The first kappa shape index (κ1) is 4.56. The molecule has 0 aromatic heterocycles. The molecular formula is C7H6O2. The van der Waals surface area contributed by atoms with E-state index in [0.29, 0.717) is 0 Å². The van der Waals surface area contributed by atoms with Gasteiger partial charge in [0.25, 0.3) is 0 Å². The lowest BCUT2D eigenvalue weighted by Crippen LogP contribution is -1.90. The maximum absolute atomic E-state index is 10.7. The average molecular weight is 123 g/mol. The van der Waals surface area contributed by atoms with Crippen molar-refractivity contribution in [3.8, 4) is 5.75 Å². The van der Waals surface area contributed by atoms with Crippen LogP contribution in [0.15, 0.2) is 35.1 Å². The van der Waals surface area contributed by atoms with Crippen molar-refractivity contribution in [3.05, 3.63) is 40.5 Å². The molecule has 0 atom stereocenters. The lowest BCUT2D eigenvalue weighted by Gasteiger charge is -1.74. The standard InChI is InChI=1S/C7H6O2/c8-6-4-2-1-3-5-7(6)9/h1-5H,(H,8,9)/i4D. The molecule has 0 saturated heterocycles. The molecule has 0 aliphatic carbocycles. The molecule has 0 saturated carbocycles. The molecule has 46 valence electrons. The first-order chi connectivity index (χ1) is 4.72. The van der Waals surface area contributed by atoms with Gasteiger partial charge >= 0.3 is 0 Å². The lowest BCUT2D eigenvalue weighted by molar-refractivity contribution is 0.471. The van der Waals surface area contributed by atoms with Gasteiger partial charge in [0.1, 0.15) is 0 Å². The van der Waals surface area contributed by atoms with Crippen LogP contribution < -0.4 is 5.43 Å². The molecule has 0 aliphatic rings. The Morgan fingerprint density at radius 3 is 3.00 bits per heavy atom. The van der Waals surface area contributed by atoms with Gasteiger partial charge in [0, 0.05) is 0 Å². The van der Waals surface area contributed by atoms with Gasteiger partial charge in [-0.05, 0) is 12.1 Å². The van der Waals surface area contributed by atoms with Crippen molar-refractivity contribution in [1.82, 2.24) is 0 Å². The second-order valence-corrected chi connectivity index (χ2v) is 1.58. The van der Waals surface area contributed by atoms with Crippen LogP contribution in [0.2, 0.25) is 0 Å². The van der Waals surface area contributed by atoms with E-state index in [-0.39, 0.29) is 6.04 Å². The summed E-state index contributed by atoms with van der Waals surface area (Å²) in [6.07, 6.45) is 0. The van der Waals surface area contributed by atoms with E-state index in [1.54, 1.807) is 0 Å². The van der Waals surface area contributed by atoms with Crippen LogP contribution in [0.3, 0.4) is 0 Å². The maximum atomic E-state index is 10.7. The highest BCUT2D eigenvalue weighted by Gasteiger charge is 1.85. The van der Waals surface area contributed by atoms with Gasteiger partial charge in [-0.3, -0.25) is 4.79 Å². The number of rotatable bonds is 0. The van der Waals surface area contributed by atoms with E-state index in [9.17, 15) is 4.79 Å². The molecule has 0 heterocycles. The zero-order chi connectivity index (χ0) is 7.56. The van der Waals surface area contributed by atoms with Crippen molar-refractivity contribution < 1.29 is 6.48 Å². The molecule has 0 amide bonds. The first-order valence-electron chi connectivity index (χ1n) is 3.01. The molecule has 1 aromatic rings. The van der Waals surface area contributed by atoms with Crippen LogP contribution in [-0.2, 0) is 0 Å². The third-order valence-corrected chi connectivity index (χ3v) is 0.908. The molecule has 2 heteroatoms. The fourth-order valence-corrected chi connectivity index (χ4v) is 0.476. The summed E-state index contributed by atoms with van der Waals surface area (Å²) in [6.45, 7) is 0. The SMILES string of the molecule is [2H]c1ccccc(=O)c1O. The molecule has 0 unspecified atom stereocenters. The zero-order valence-electron chi connectivity index (χ0n) is 5.66. The van der Waals surface area contributed by atoms with E-state index < -0.39 is 11.2 Å².